The Morgan fingerprint density at radius 3 is 2.79 bits per heavy atom. The van der Waals surface area contributed by atoms with Gasteiger partial charge >= 0.3 is 0 Å². The Bertz CT molecular complexity index is 158. The van der Waals surface area contributed by atoms with E-state index >= 15 is 0 Å². The molecule has 0 bridgehead atoms. The van der Waals surface area contributed by atoms with Crippen molar-refractivity contribution in [3.63, 3.8) is 0 Å². The highest BCUT2D eigenvalue weighted by Gasteiger charge is 2.20. The lowest BCUT2D eigenvalue weighted by atomic mass is 9.93. The highest BCUT2D eigenvalue weighted by molar-refractivity contribution is 4.77. The summed E-state index contributed by atoms with van der Waals surface area (Å²) < 4.78 is 5.64. The maximum absolute atomic E-state index is 5.64. The first-order valence-corrected chi connectivity index (χ1v) is 6.19. The third kappa shape index (κ3) is 2.96. The highest BCUT2D eigenvalue weighted by Crippen LogP contribution is 2.21. The predicted molar refractivity (Wildman–Crippen MR) is 58.4 cm³/mol. The van der Waals surface area contributed by atoms with Gasteiger partial charge in [0.25, 0.3) is 0 Å². The average Bonchev–Trinajstić information content (AvgIpc) is 2.70. The third-order valence-corrected chi connectivity index (χ3v) is 3.62. The molecule has 2 heteroatoms. The first-order valence-electron chi connectivity index (χ1n) is 6.19. The average molecular weight is 197 g/mol. The Hall–Kier alpha value is -0.0800. The summed E-state index contributed by atoms with van der Waals surface area (Å²) in [6.07, 6.45) is 8.51. The van der Waals surface area contributed by atoms with E-state index < -0.39 is 0 Å². The van der Waals surface area contributed by atoms with E-state index in [0.717, 1.165) is 18.6 Å². The van der Waals surface area contributed by atoms with Gasteiger partial charge in [0, 0.05) is 12.6 Å². The lowest BCUT2D eigenvalue weighted by molar-refractivity contribution is 0.0978. The molecule has 2 saturated heterocycles. The molecule has 14 heavy (non-hydrogen) atoms. The van der Waals surface area contributed by atoms with E-state index in [0.29, 0.717) is 6.10 Å². The zero-order chi connectivity index (χ0) is 9.80. The van der Waals surface area contributed by atoms with Gasteiger partial charge in [-0.25, -0.2) is 0 Å². The molecule has 0 aliphatic carbocycles. The highest BCUT2D eigenvalue weighted by atomic mass is 16.5. The Morgan fingerprint density at radius 1 is 1.21 bits per heavy atom. The molecule has 0 aromatic carbocycles. The van der Waals surface area contributed by atoms with Crippen LogP contribution in [0.25, 0.3) is 0 Å². The molecule has 0 spiro atoms. The lowest BCUT2D eigenvalue weighted by Crippen LogP contribution is -2.38. The van der Waals surface area contributed by atoms with E-state index in [1.54, 1.807) is 0 Å². The zero-order valence-corrected chi connectivity index (χ0v) is 9.30. The van der Waals surface area contributed by atoms with Gasteiger partial charge in [-0.15, -0.1) is 0 Å². The molecule has 3 unspecified atom stereocenters. The molecule has 2 rings (SSSR count). The van der Waals surface area contributed by atoms with Gasteiger partial charge in [-0.05, 0) is 51.0 Å². The van der Waals surface area contributed by atoms with Crippen LogP contribution in [0.4, 0.5) is 0 Å². The van der Waals surface area contributed by atoms with Crippen molar-refractivity contribution in [1.29, 1.82) is 0 Å². The van der Waals surface area contributed by atoms with Crippen molar-refractivity contribution in [2.75, 3.05) is 13.2 Å². The molecule has 2 aliphatic rings. The maximum atomic E-state index is 5.64. The normalized spacial score (nSPS) is 38.8. The summed E-state index contributed by atoms with van der Waals surface area (Å²) in [5.74, 6) is 0.883. The molecule has 2 aliphatic heterocycles. The Morgan fingerprint density at radius 2 is 2.14 bits per heavy atom. The number of piperidine rings is 1. The van der Waals surface area contributed by atoms with Gasteiger partial charge in [0.15, 0.2) is 0 Å². The molecule has 3 atom stereocenters. The molecule has 82 valence electrons. The van der Waals surface area contributed by atoms with Gasteiger partial charge in [0.05, 0.1) is 6.10 Å². The Kier molecular flexibility index (Phi) is 3.82. The number of ether oxygens (including phenoxy) is 1. The summed E-state index contributed by atoms with van der Waals surface area (Å²) in [6.45, 7) is 4.55. The first-order chi connectivity index (χ1) is 6.84. The summed E-state index contributed by atoms with van der Waals surface area (Å²) >= 11 is 0. The second kappa shape index (κ2) is 5.13. The van der Waals surface area contributed by atoms with E-state index in [2.05, 4.69) is 12.2 Å². The van der Waals surface area contributed by atoms with E-state index in [4.69, 9.17) is 4.74 Å². The minimum absolute atomic E-state index is 0.580. The number of nitrogens with one attached hydrogen (secondary N) is 1. The van der Waals surface area contributed by atoms with Crippen LogP contribution in [0, 0.1) is 5.92 Å². The van der Waals surface area contributed by atoms with Gasteiger partial charge in [-0.3, -0.25) is 0 Å². The number of rotatable bonds is 3. The van der Waals surface area contributed by atoms with Crippen LogP contribution in [0.5, 0.6) is 0 Å². The standard InChI is InChI=1S/C12H23NO/c1-10-4-5-11(13-9-10)6-7-12-3-2-8-14-12/h10-13H,2-9H2,1H3. The van der Waals surface area contributed by atoms with Gasteiger partial charge in [0.1, 0.15) is 0 Å². The molecule has 0 aromatic heterocycles. The summed E-state index contributed by atoms with van der Waals surface area (Å²) in [5.41, 5.74) is 0. The largest absolute Gasteiger partial charge is 0.378 e. The second-order valence-electron chi connectivity index (χ2n) is 5.00. The minimum Gasteiger partial charge on any atom is -0.378 e. The van der Waals surface area contributed by atoms with Gasteiger partial charge in [-0.2, -0.15) is 0 Å². The van der Waals surface area contributed by atoms with Gasteiger partial charge in [0.2, 0.25) is 0 Å². The fraction of sp³-hybridized carbons (Fsp3) is 1.00. The first kappa shape index (κ1) is 10.4. The van der Waals surface area contributed by atoms with E-state index in [1.807, 2.05) is 0 Å². The minimum atomic E-state index is 0.580. The Labute approximate surface area is 87.4 Å². The van der Waals surface area contributed by atoms with Crippen LogP contribution in [0.3, 0.4) is 0 Å². The summed E-state index contributed by atoms with van der Waals surface area (Å²) in [6, 6.07) is 0.774. The lowest BCUT2D eigenvalue weighted by Gasteiger charge is -2.28. The summed E-state index contributed by atoms with van der Waals surface area (Å²) in [5, 5.41) is 3.64. The van der Waals surface area contributed by atoms with Crippen molar-refractivity contribution < 1.29 is 4.74 Å². The molecule has 0 radical (unpaired) electrons. The van der Waals surface area contributed by atoms with Crippen LogP contribution in [0.1, 0.15) is 45.4 Å². The van der Waals surface area contributed by atoms with Crippen LogP contribution >= 0.6 is 0 Å². The van der Waals surface area contributed by atoms with Crippen LogP contribution in [-0.4, -0.2) is 25.3 Å². The quantitative estimate of drug-likeness (QED) is 0.750. The Balaban J connectivity index is 1.60. The monoisotopic (exact) mass is 197 g/mol. The van der Waals surface area contributed by atoms with Crippen molar-refractivity contribution in [2.24, 2.45) is 5.92 Å². The predicted octanol–water partition coefficient (Wildman–Crippen LogP) is 2.33. The molecule has 0 aromatic rings. The molecule has 1 N–H and O–H groups in total. The van der Waals surface area contributed by atoms with E-state index in [-0.39, 0.29) is 0 Å². The molecular weight excluding hydrogens is 174 g/mol. The molecule has 2 fully saturated rings. The zero-order valence-electron chi connectivity index (χ0n) is 9.30. The topological polar surface area (TPSA) is 21.3 Å². The molecule has 0 amide bonds. The van der Waals surface area contributed by atoms with Crippen molar-refractivity contribution in [2.45, 2.75) is 57.6 Å². The van der Waals surface area contributed by atoms with Crippen LogP contribution < -0.4 is 5.32 Å². The van der Waals surface area contributed by atoms with Crippen molar-refractivity contribution in [1.82, 2.24) is 5.32 Å². The molecule has 2 heterocycles. The molecular formula is C12H23NO. The fourth-order valence-electron chi connectivity index (χ4n) is 2.56. The number of hydrogen-bond donors (Lipinski definition) is 1. The summed E-state index contributed by atoms with van der Waals surface area (Å²) in [4.78, 5) is 0. The molecule has 2 nitrogen and oxygen atoms in total. The smallest absolute Gasteiger partial charge is 0.0576 e. The van der Waals surface area contributed by atoms with Crippen molar-refractivity contribution >= 4 is 0 Å². The van der Waals surface area contributed by atoms with Gasteiger partial charge < -0.3 is 10.1 Å². The van der Waals surface area contributed by atoms with Crippen molar-refractivity contribution in [3.05, 3.63) is 0 Å². The second-order valence-corrected chi connectivity index (χ2v) is 5.00. The molecule has 0 saturated carbocycles. The van der Waals surface area contributed by atoms with E-state index in [9.17, 15) is 0 Å². The van der Waals surface area contributed by atoms with E-state index in [1.165, 1.54) is 45.1 Å². The fourth-order valence-corrected chi connectivity index (χ4v) is 2.56. The van der Waals surface area contributed by atoms with Gasteiger partial charge in [-0.1, -0.05) is 6.92 Å². The number of hydrogen-bond acceptors (Lipinski definition) is 2. The van der Waals surface area contributed by atoms with Crippen LogP contribution in [-0.2, 0) is 4.74 Å². The van der Waals surface area contributed by atoms with Crippen LogP contribution in [0.15, 0.2) is 0 Å². The SMILES string of the molecule is CC1CCC(CCC2CCCO2)NC1. The van der Waals surface area contributed by atoms with Crippen molar-refractivity contribution in [3.8, 4) is 0 Å². The summed E-state index contributed by atoms with van der Waals surface area (Å²) in [7, 11) is 0. The third-order valence-electron chi connectivity index (χ3n) is 3.62. The van der Waals surface area contributed by atoms with Crippen LogP contribution in [0.2, 0.25) is 0 Å². The maximum Gasteiger partial charge on any atom is 0.0576 e.